The van der Waals surface area contributed by atoms with E-state index in [1.165, 1.54) is 0 Å². The van der Waals surface area contributed by atoms with Gasteiger partial charge in [-0.25, -0.2) is 4.79 Å². The fourth-order valence-electron chi connectivity index (χ4n) is 2.61. The lowest BCUT2D eigenvalue weighted by atomic mass is 10.1. The Bertz CT molecular complexity index is 555. The van der Waals surface area contributed by atoms with Crippen LogP contribution in [0.5, 0.6) is 5.75 Å². The first-order valence-electron chi connectivity index (χ1n) is 7.98. The van der Waals surface area contributed by atoms with Gasteiger partial charge < -0.3 is 20.1 Å². The van der Waals surface area contributed by atoms with Gasteiger partial charge in [0.25, 0.3) is 0 Å². The number of carboxylic acids is 1. The molecule has 1 unspecified atom stereocenters. The van der Waals surface area contributed by atoms with Gasteiger partial charge in [0.2, 0.25) is 0 Å². The SMILES string of the molecule is CCCC(CC(=O)O)NC(=O)N1CC(Oc2cccc(C)c2)C1. The molecule has 1 saturated heterocycles. The lowest BCUT2D eigenvalue weighted by Crippen LogP contribution is -2.60. The minimum Gasteiger partial charge on any atom is -0.487 e. The second kappa shape index (κ2) is 7.85. The Kier molecular flexibility index (Phi) is 5.84. The van der Waals surface area contributed by atoms with Gasteiger partial charge in [0, 0.05) is 6.04 Å². The smallest absolute Gasteiger partial charge is 0.317 e. The highest BCUT2D eigenvalue weighted by atomic mass is 16.5. The van der Waals surface area contributed by atoms with Gasteiger partial charge in [-0.1, -0.05) is 25.5 Å². The first-order chi connectivity index (χ1) is 11.0. The molecule has 1 aromatic rings. The Labute approximate surface area is 136 Å². The zero-order valence-corrected chi connectivity index (χ0v) is 13.6. The standard InChI is InChI=1S/C17H24N2O4/c1-3-5-13(9-16(20)21)18-17(22)19-10-15(11-19)23-14-7-4-6-12(2)8-14/h4,6-8,13,15H,3,5,9-11H2,1-2H3,(H,18,22)(H,20,21). The molecule has 2 N–H and O–H groups in total. The van der Waals surface area contributed by atoms with Crippen LogP contribution in [-0.2, 0) is 4.79 Å². The Morgan fingerprint density at radius 1 is 1.43 bits per heavy atom. The molecule has 2 rings (SSSR count). The average Bonchev–Trinajstić information content (AvgIpc) is 2.41. The number of rotatable bonds is 7. The van der Waals surface area contributed by atoms with Crippen LogP contribution in [0.4, 0.5) is 4.79 Å². The molecule has 1 aliphatic rings. The Morgan fingerprint density at radius 3 is 2.78 bits per heavy atom. The second-order valence-electron chi connectivity index (χ2n) is 5.99. The lowest BCUT2D eigenvalue weighted by molar-refractivity contribution is -0.137. The van der Waals surface area contributed by atoms with Gasteiger partial charge in [-0.15, -0.1) is 0 Å². The van der Waals surface area contributed by atoms with Gasteiger partial charge in [0.05, 0.1) is 19.5 Å². The second-order valence-corrected chi connectivity index (χ2v) is 5.99. The fraction of sp³-hybridized carbons (Fsp3) is 0.529. The van der Waals surface area contributed by atoms with Crippen molar-refractivity contribution in [3.63, 3.8) is 0 Å². The summed E-state index contributed by atoms with van der Waals surface area (Å²) in [5, 5.41) is 11.7. The van der Waals surface area contributed by atoms with E-state index in [9.17, 15) is 9.59 Å². The van der Waals surface area contributed by atoms with Crippen LogP contribution in [0.3, 0.4) is 0 Å². The number of aryl methyl sites for hydroxylation is 1. The summed E-state index contributed by atoms with van der Waals surface area (Å²) >= 11 is 0. The molecule has 126 valence electrons. The first kappa shape index (κ1) is 17.1. The Balaban J connectivity index is 1.77. The molecule has 0 aromatic heterocycles. The number of nitrogens with one attached hydrogen (secondary N) is 1. The molecule has 6 nitrogen and oxygen atoms in total. The third-order valence-electron chi connectivity index (χ3n) is 3.81. The largest absolute Gasteiger partial charge is 0.487 e. The van der Waals surface area contributed by atoms with Crippen molar-refractivity contribution in [3.8, 4) is 5.75 Å². The molecule has 1 heterocycles. The summed E-state index contributed by atoms with van der Waals surface area (Å²) in [5.74, 6) is -0.0854. The van der Waals surface area contributed by atoms with Crippen LogP contribution in [0.15, 0.2) is 24.3 Å². The van der Waals surface area contributed by atoms with Crippen molar-refractivity contribution < 1.29 is 19.4 Å². The topological polar surface area (TPSA) is 78.9 Å². The molecule has 6 heteroatoms. The molecule has 1 atom stereocenters. The zero-order valence-electron chi connectivity index (χ0n) is 13.6. The third kappa shape index (κ3) is 5.16. The molecule has 1 aromatic carbocycles. The summed E-state index contributed by atoms with van der Waals surface area (Å²) in [6.07, 6.45) is 1.44. The monoisotopic (exact) mass is 320 g/mol. The van der Waals surface area contributed by atoms with Crippen molar-refractivity contribution in [3.05, 3.63) is 29.8 Å². The maximum Gasteiger partial charge on any atom is 0.317 e. The average molecular weight is 320 g/mol. The lowest BCUT2D eigenvalue weighted by Gasteiger charge is -2.39. The minimum absolute atomic E-state index is 0.00773. The molecule has 0 saturated carbocycles. The van der Waals surface area contributed by atoms with Crippen molar-refractivity contribution in [2.24, 2.45) is 0 Å². The number of aliphatic carboxylic acids is 1. The zero-order chi connectivity index (χ0) is 16.8. The van der Waals surface area contributed by atoms with Crippen molar-refractivity contribution in [1.82, 2.24) is 10.2 Å². The highest BCUT2D eigenvalue weighted by Crippen LogP contribution is 2.19. The van der Waals surface area contributed by atoms with Crippen LogP contribution >= 0.6 is 0 Å². The number of hydrogen-bond acceptors (Lipinski definition) is 3. The van der Waals surface area contributed by atoms with Crippen molar-refractivity contribution >= 4 is 12.0 Å². The normalized spacial score (nSPS) is 15.7. The van der Waals surface area contributed by atoms with Gasteiger partial charge in [-0.2, -0.15) is 0 Å². The van der Waals surface area contributed by atoms with E-state index in [0.29, 0.717) is 19.5 Å². The van der Waals surface area contributed by atoms with E-state index in [1.807, 2.05) is 38.1 Å². The van der Waals surface area contributed by atoms with E-state index in [0.717, 1.165) is 17.7 Å². The number of carbonyl (C=O) groups excluding carboxylic acids is 1. The van der Waals surface area contributed by atoms with Crippen LogP contribution in [0.25, 0.3) is 0 Å². The van der Waals surface area contributed by atoms with E-state index < -0.39 is 5.97 Å². The van der Waals surface area contributed by atoms with Crippen LogP contribution in [0, 0.1) is 6.92 Å². The number of amides is 2. The molecule has 1 fully saturated rings. The van der Waals surface area contributed by atoms with Gasteiger partial charge in [0.15, 0.2) is 0 Å². The summed E-state index contributed by atoms with van der Waals surface area (Å²) in [5.41, 5.74) is 1.13. The summed E-state index contributed by atoms with van der Waals surface area (Å²) in [4.78, 5) is 24.6. The number of likely N-dealkylation sites (tertiary alicyclic amines) is 1. The highest BCUT2D eigenvalue weighted by Gasteiger charge is 2.33. The van der Waals surface area contributed by atoms with Crippen molar-refractivity contribution in [2.45, 2.75) is 45.3 Å². The molecule has 2 amide bonds. The number of hydrogen-bond donors (Lipinski definition) is 2. The first-order valence-corrected chi connectivity index (χ1v) is 7.98. The van der Waals surface area contributed by atoms with E-state index >= 15 is 0 Å². The van der Waals surface area contributed by atoms with Crippen molar-refractivity contribution in [1.29, 1.82) is 0 Å². The van der Waals surface area contributed by atoms with E-state index in [4.69, 9.17) is 9.84 Å². The number of urea groups is 1. The third-order valence-corrected chi connectivity index (χ3v) is 3.81. The molecular weight excluding hydrogens is 296 g/mol. The van der Waals surface area contributed by atoms with E-state index in [-0.39, 0.29) is 24.6 Å². The van der Waals surface area contributed by atoms with Crippen LogP contribution in [0.1, 0.15) is 31.7 Å². The molecule has 1 aliphatic heterocycles. The molecular formula is C17H24N2O4. The number of ether oxygens (including phenoxy) is 1. The quantitative estimate of drug-likeness (QED) is 0.808. The Hall–Kier alpha value is -2.24. The number of carbonyl (C=O) groups is 2. The minimum atomic E-state index is -0.895. The number of nitrogens with zero attached hydrogens (tertiary/aromatic N) is 1. The summed E-state index contributed by atoms with van der Waals surface area (Å²) in [6, 6.07) is 7.28. The van der Waals surface area contributed by atoms with Crippen molar-refractivity contribution in [2.75, 3.05) is 13.1 Å². The molecule has 0 bridgehead atoms. The molecule has 0 aliphatic carbocycles. The van der Waals surface area contributed by atoms with Gasteiger partial charge in [-0.05, 0) is 31.0 Å². The molecule has 0 radical (unpaired) electrons. The molecule has 23 heavy (non-hydrogen) atoms. The predicted molar refractivity (Wildman–Crippen MR) is 86.6 cm³/mol. The van der Waals surface area contributed by atoms with Crippen LogP contribution < -0.4 is 10.1 Å². The number of benzene rings is 1. The summed E-state index contributed by atoms with van der Waals surface area (Å²) < 4.78 is 5.81. The maximum absolute atomic E-state index is 12.1. The van der Waals surface area contributed by atoms with Gasteiger partial charge in [0.1, 0.15) is 11.9 Å². The summed E-state index contributed by atoms with van der Waals surface area (Å²) in [7, 11) is 0. The maximum atomic E-state index is 12.1. The van der Waals surface area contributed by atoms with Gasteiger partial charge >= 0.3 is 12.0 Å². The van der Waals surface area contributed by atoms with Gasteiger partial charge in [-0.3, -0.25) is 4.79 Å². The number of carboxylic acid groups (broad SMARTS) is 1. The fourth-order valence-corrected chi connectivity index (χ4v) is 2.61. The predicted octanol–water partition coefficient (Wildman–Crippen LogP) is 2.41. The van der Waals surface area contributed by atoms with E-state index in [2.05, 4.69) is 5.32 Å². The van der Waals surface area contributed by atoms with Crippen LogP contribution in [0.2, 0.25) is 0 Å². The van der Waals surface area contributed by atoms with E-state index in [1.54, 1.807) is 4.90 Å². The molecule has 0 spiro atoms. The Morgan fingerprint density at radius 2 is 2.17 bits per heavy atom. The van der Waals surface area contributed by atoms with Crippen LogP contribution in [-0.4, -0.2) is 47.2 Å². The highest BCUT2D eigenvalue weighted by molar-refractivity contribution is 5.76. The summed E-state index contributed by atoms with van der Waals surface area (Å²) in [6.45, 7) is 5.01.